The van der Waals surface area contributed by atoms with Crippen molar-refractivity contribution in [3.8, 4) is 6.07 Å². The van der Waals surface area contributed by atoms with Crippen molar-refractivity contribution < 1.29 is 9.47 Å². The van der Waals surface area contributed by atoms with E-state index in [1.54, 1.807) is 0 Å². The third kappa shape index (κ3) is 9.41. The second kappa shape index (κ2) is 11.5. The van der Waals surface area contributed by atoms with Crippen LogP contribution < -0.4 is 5.32 Å². The lowest BCUT2D eigenvalue weighted by atomic mass is 10.0. The van der Waals surface area contributed by atoms with Crippen LogP contribution >= 0.6 is 0 Å². The molecule has 0 spiro atoms. The summed E-state index contributed by atoms with van der Waals surface area (Å²) in [5.74, 6) is 0. The fraction of sp³-hybridized carbons (Fsp3) is 0.929. The van der Waals surface area contributed by atoms with Gasteiger partial charge in [-0.2, -0.15) is 5.26 Å². The fourth-order valence-corrected chi connectivity index (χ4v) is 1.43. The monoisotopic (exact) mass is 256 g/mol. The van der Waals surface area contributed by atoms with Crippen LogP contribution in [0.5, 0.6) is 0 Å². The van der Waals surface area contributed by atoms with Crippen LogP contribution in [0.3, 0.4) is 0 Å². The third-order valence-corrected chi connectivity index (χ3v) is 2.77. The second-order valence-electron chi connectivity index (χ2n) is 4.70. The summed E-state index contributed by atoms with van der Waals surface area (Å²) >= 11 is 0. The van der Waals surface area contributed by atoms with E-state index in [0.717, 1.165) is 32.4 Å². The Morgan fingerprint density at radius 1 is 1.06 bits per heavy atom. The lowest BCUT2D eigenvalue weighted by molar-refractivity contribution is 0.0415. The van der Waals surface area contributed by atoms with Crippen molar-refractivity contribution in [1.82, 2.24) is 5.32 Å². The molecule has 0 aromatic carbocycles. The van der Waals surface area contributed by atoms with E-state index in [2.05, 4.69) is 25.2 Å². The standard InChI is InChI=1S/C14H28N2O2/c1-4-6-9-17-11-12-18-10-7-14(3,13-15)16-8-5-2/h16H,4-12H2,1-3H3. The van der Waals surface area contributed by atoms with Crippen LogP contribution in [0.4, 0.5) is 0 Å². The van der Waals surface area contributed by atoms with E-state index in [1.807, 2.05) is 6.92 Å². The van der Waals surface area contributed by atoms with Crippen LogP contribution in [0.15, 0.2) is 0 Å². The zero-order chi connectivity index (χ0) is 13.7. The summed E-state index contributed by atoms with van der Waals surface area (Å²) in [6.45, 7) is 9.69. The number of nitrogens with one attached hydrogen (secondary N) is 1. The molecule has 0 amide bonds. The number of unbranched alkanes of at least 4 members (excludes halogenated alkanes) is 1. The molecular formula is C14H28N2O2. The first-order valence-corrected chi connectivity index (χ1v) is 7.00. The first-order chi connectivity index (χ1) is 8.68. The Bertz CT molecular complexity index is 228. The van der Waals surface area contributed by atoms with Crippen LogP contribution in [0.2, 0.25) is 0 Å². The van der Waals surface area contributed by atoms with E-state index >= 15 is 0 Å². The first-order valence-electron chi connectivity index (χ1n) is 7.00. The van der Waals surface area contributed by atoms with Crippen molar-refractivity contribution in [1.29, 1.82) is 5.26 Å². The van der Waals surface area contributed by atoms with Crippen LogP contribution in [-0.2, 0) is 9.47 Å². The maximum absolute atomic E-state index is 9.12. The SMILES string of the molecule is CCCCOCCOCCC(C)(C#N)NCCC. The van der Waals surface area contributed by atoms with E-state index in [4.69, 9.17) is 14.7 Å². The maximum Gasteiger partial charge on any atom is 0.106 e. The quantitative estimate of drug-likeness (QED) is 0.545. The van der Waals surface area contributed by atoms with Gasteiger partial charge in [0.05, 0.1) is 19.3 Å². The third-order valence-electron chi connectivity index (χ3n) is 2.77. The number of hydrogen-bond acceptors (Lipinski definition) is 4. The molecule has 0 bridgehead atoms. The lowest BCUT2D eigenvalue weighted by Crippen LogP contribution is -2.42. The molecule has 18 heavy (non-hydrogen) atoms. The maximum atomic E-state index is 9.12. The molecule has 0 saturated heterocycles. The molecule has 0 aliphatic heterocycles. The Balaban J connectivity index is 3.48. The van der Waals surface area contributed by atoms with Crippen LogP contribution in [0.1, 0.15) is 46.5 Å². The molecule has 106 valence electrons. The van der Waals surface area contributed by atoms with Gasteiger partial charge in [-0.15, -0.1) is 0 Å². The molecule has 0 aliphatic carbocycles. The van der Waals surface area contributed by atoms with Gasteiger partial charge in [-0.1, -0.05) is 20.3 Å². The summed E-state index contributed by atoms with van der Waals surface area (Å²) in [5, 5.41) is 12.4. The number of rotatable bonds is 12. The average Bonchev–Trinajstić information content (AvgIpc) is 2.39. The Labute approximate surface area is 112 Å². The van der Waals surface area contributed by atoms with Gasteiger partial charge in [-0.25, -0.2) is 0 Å². The van der Waals surface area contributed by atoms with Crippen molar-refractivity contribution in [2.24, 2.45) is 0 Å². The highest BCUT2D eigenvalue weighted by molar-refractivity contribution is 5.03. The van der Waals surface area contributed by atoms with Gasteiger partial charge in [0, 0.05) is 19.6 Å². The summed E-state index contributed by atoms with van der Waals surface area (Å²) in [4.78, 5) is 0. The van der Waals surface area contributed by atoms with Gasteiger partial charge >= 0.3 is 0 Å². The molecule has 0 aliphatic rings. The van der Waals surface area contributed by atoms with Crippen molar-refractivity contribution >= 4 is 0 Å². The Kier molecular flexibility index (Phi) is 11.1. The van der Waals surface area contributed by atoms with Crippen molar-refractivity contribution in [2.75, 3.05) is 33.0 Å². The summed E-state index contributed by atoms with van der Waals surface area (Å²) < 4.78 is 10.9. The topological polar surface area (TPSA) is 54.3 Å². The average molecular weight is 256 g/mol. The predicted octanol–water partition coefficient (Wildman–Crippen LogP) is 2.49. The Morgan fingerprint density at radius 2 is 1.72 bits per heavy atom. The van der Waals surface area contributed by atoms with Crippen molar-refractivity contribution in [2.45, 2.75) is 52.0 Å². The highest BCUT2D eigenvalue weighted by Crippen LogP contribution is 2.08. The van der Waals surface area contributed by atoms with Gasteiger partial charge in [0.2, 0.25) is 0 Å². The van der Waals surface area contributed by atoms with Gasteiger partial charge in [-0.3, -0.25) is 5.32 Å². The molecule has 4 heteroatoms. The van der Waals surface area contributed by atoms with E-state index in [-0.39, 0.29) is 0 Å². The molecule has 0 rings (SSSR count). The molecule has 0 fully saturated rings. The molecule has 1 N–H and O–H groups in total. The van der Waals surface area contributed by atoms with E-state index in [0.29, 0.717) is 26.2 Å². The van der Waals surface area contributed by atoms with Gasteiger partial charge in [0.15, 0.2) is 0 Å². The molecule has 0 saturated carbocycles. The van der Waals surface area contributed by atoms with E-state index in [9.17, 15) is 0 Å². The number of nitriles is 1. The highest BCUT2D eigenvalue weighted by Gasteiger charge is 2.21. The normalized spacial score (nSPS) is 14.1. The Hall–Kier alpha value is -0.630. The summed E-state index contributed by atoms with van der Waals surface area (Å²) in [7, 11) is 0. The van der Waals surface area contributed by atoms with Gasteiger partial charge in [-0.05, 0) is 26.3 Å². The minimum absolute atomic E-state index is 0.473. The lowest BCUT2D eigenvalue weighted by Gasteiger charge is -2.22. The molecule has 1 unspecified atom stereocenters. The zero-order valence-corrected chi connectivity index (χ0v) is 12.1. The van der Waals surface area contributed by atoms with E-state index < -0.39 is 5.54 Å². The van der Waals surface area contributed by atoms with Crippen LogP contribution in [-0.4, -0.2) is 38.5 Å². The fourth-order valence-electron chi connectivity index (χ4n) is 1.43. The van der Waals surface area contributed by atoms with Gasteiger partial charge in [0.25, 0.3) is 0 Å². The Morgan fingerprint density at radius 3 is 2.28 bits per heavy atom. The molecule has 1 atom stereocenters. The molecule has 0 heterocycles. The molecule has 0 aromatic heterocycles. The minimum Gasteiger partial charge on any atom is -0.379 e. The molecular weight excluding hydrogens is 228 g/mol. The number of hydrogen-bond donors (Lipinski definition) is 1. The number of ether oxygens (including phenoxy) is 2. The van der Waals surface area contributed by atoms with Crippen LogP contribution in [0.25, 0.3) is 0 Å². The largest absolute Gasteiger partial charge is 0.379 e. The summed E-state index contributed by atoms with van der Waals surface area (Å²) in [6, 6.07) is 2.31. The van der Waals surface area contributed by atoms with Crippen LogP contribution in [0, 0.1) is 11.3 Å². The second-order valence-corrected chi connectivity index (χ2v) is 4.70. The first kappa shape index (κ1) is 17.4. The predicted molar refractivity (Wildman–Crippen MR) is 73.5 cm³/mol. The van der Waals surface area contributed by atoms with Gasteiger partial charge in [0.1, 0.15) is 5.54 Å². The highest BCUT2D eigenvalue weighted by atomic mass is 16.5. The molecule has 0 radical (unpaired) electrons. The summed E-state index contributed by atoms with van der Waals surface area (Å²) in [6.07, 6.45) is 4.00. The molecule has 0 aromatic rings. The zero-order valence-electron chi connectivity index (χ0n) is 12.1. The van der Waals surface area contributed by atoms with Crippen molar-refractivity contribution in [3.63, 3.8) is 0 Å². The number of nitrogens with zero attached hydrogens (tertiary/aromatic N) is 1. The molecule has 4 nitrogen and oxygen atoms in total. The van der Waals surface area contributed by atoms with Gasteiger partial charge < -0.3 is 9.47 Å². The minimum atomic E-state index is -0.473. The summed E-state index contributed by atoms with van der Waals surface area (Å²) in [5.41, 5.74) is -0.473. The van der Waals surface area contributed by atoms with E-state index in [1.165, 1.54) is 0 Å². The van der Waals surface area contributed by atoms with Crippen molar-refractivity contribution in [3.05, 3.63) is 0 Å². The smallest absolute Gasteiger partial charge is 0.106 e.